The minimum atomic E-state index is -0.426. The number of hydrogen-bond acceptors (Lipinski definition) is 3. The van der Waals surface area contributed by atoms with Crippen LogP contribution in [0.5, 0.6) is 5.75 Å². The minimum Gasteiger partial charge on any atom is -0.493 e. The van der Waals surface area contributed by atoms with Crippen molar-refractivity contribution < 1.29 is 9.53 Å². The number of nitrogens with one attached hydrogen (secondary N) is 1. The zero-order chi connectivity index (χ0) is 12.3. The van der Waals surface area contributed by atoms with Crippen molar-refractivity contribution in [3.05, 3.63) is 23.8 Å². The lowest BCUT2D eigenvalue weighted by Crippen LogP contribution is -2.35. The van der Waals surface area contributed by atoms with Gasteiger partial charge in [0, 0.05) is 12.1 Å². The van der Waals surface area contributed by atoms with Gasteiger partial charge in [-0.25, -0.2) is 0 Å². The Kier molecular flexibility index (Phi) is 3.64. The molecule has 4 heteroatoms. The van der Waals surface area contributed by atoms with Crippen molar-refractivity contribution in [1.29, 1.82) is 0 Å². The van der Waals surface area contributed by atoms with Crippen LogP contribution in [0.15, 0.2) is 18.2 Å². The van der Waals surface area contributed by atoms with Gasteiger partial charge in [-0.2, -0.15) is 0 Å². The summed E-state index contributed by atoms with van der Waals surface area (Å²) in [5.74, 6) is 0.798. The number of fused-ring (bicyclic) bond motifs is 1. The first-order valence-corrected chi connectivity index (χ1v) is 6.03. The van der Waals surface area contributed by atoms with Gasteiger partial charge in [0.1, 0.15) is 5.75 Å². The number of carbonyl (C=O) groups excluding carboxylic acids is 1. The van der Waals surface area contributed by atoms with Gasteiger partial charge < -0.3 is 15.8 Å². The summed E-state index contributed by atoms with van der Waals surface area (Å²) in [4.78, 5) is 11.7. The molecule has 1 aromatic carbocycles. The highest BCUT2D eigenvalue weighted by atomic mass is 16.5. The summed E-state index contributed by atoms with van der Waals surface area (Å²) >= 11 is 0. The van der Waals surface area contributed by atoms with Crippen LogP contribution in [0.4, 0.5) is 5.69 Å². The van der Waals surface area contributed by atoms with Crippen molar-refractivity contribution in [2.75, 3.05) is 11.9 Å². The zero-order valence-electron chi connectivity index (χ0n) is 10.0. The van der Waals surface area contributed by atoms with Crippen LogP contribution in [0.2, 0.25) is 0 Å². The summed E-state index contributed by atoms with van der Waals surface area (Å²) in [7, 11) is 0. The third-order valence-corrected chi connectivity index (χ3v) is 2.89. The molecule has 1 heterocycles. The first-order valence-electron chi connectivity index (χ1n) is 6.03. The Morgan fingerprint density at radius 2 is 2.41 bits per heavy atom. The van der Waals surface area contributed by atoms with Gasteiger partial charge in [0.25, 0.3) is 0 Å². The number of anilines is 1. The van der Waals surface area contributed by atoms with Gasteiger partial charge in [-0.1, -0.05) is 13.3 Å². The van der Waals surface area contributed by atoms with Crippen molar-refractivity contribution in [2.45, 2.75) is 32.2 Å². The number of rotatable bonds is 4. The number of nitrogens with two attached hydrogens (primary N) is 1. The lowest BCUT2D eigenvalue weighted by atomic mass is 10.1. The Balaban J connectivity index is 2.01. The zero-order valence-corrected chi connectivity index (χ0v) is 10.0. The maximum absolute atomic E-state index is 11.7. The van der Waals surface area contributed by atoms with Crippen LogP contribution in [-0.4, -0.2) is 18.6 Å². The average molecular weight is 234 g/mol. The second-order valence-electron chi connectivity index (χ2n) is 4.31. The Hall–Kier alpha value is -1.55. The molecule has 1 aliphatic rings. The van der Waals surface area contributed by atoms with Gasteiger partial charge in [-0.05, 0) is 30.2 Å². The van der Waals surface area contributed by atoms with E-state index in [1.807, 2.05) is 25.1 Å². The van der Waals surface area contributed by atoms with E-state index in [0.717, 1.165) is 36.4 Å². The van der Waals surface area contributed by atoms with Crippen LogP contribution in [0.1, 0.15) is 25.3 Å². The molecule has 1 amide bonds. The highest BCUT2D eigenvalue weighted by Crippen LogP contribution is 2.27. The molecule has 1 aliphatic heterocycles. The molecule has 0 aromatic heterocycles. The molecule has 0 spiro atoms. The quantitative estimate of drug-likeness (QED) is 0.833. The third-order valence-electron chi connectivity index (χ3n) is 2.89. The lowest BCUT2D eigenvalue weighted by molar-refractivity contribution is -0.117. The molecule has 4 nitrogen and oxygen atoms in total. The summed E-state index contributed by atoms with van der Waals surface area (Å²) in [6, 6.07) is 5.27. The van der Waals surface area contributed by atoms with Crippen molar-refractivity contribution in [3.63, 3.8) is 0 Å². The van der Waals surface area contributed by atoms with E-state index in [1.165, 1.54) is 0 Å². The van der Waals surface area contributed by atoms with Crippen molar-refractivity contribution in [2.24, 2.45) is 5.73 Å². The monoisotopic (exact) mass is 234 g/mol. The Labute approximate surface area is 101 Å². The van der Waals surface area contributed by atoms with Crippen LogP contribution in [0.3, 0.4) is 0 Å². The smallest absolute Gasteiger partial charge is 0.241 e. The number of amides is 1. The van der Waals surface area contributed by atoms with E-state index in [2.05, 4.69) is 5.32 Å². The predicted octanol–water partition coefficient (Wildman–Crippen LogP) is 1.69. The van der Waals surface area contributed by atoms with E-state index in [9.17, 15) is 4.79 Å². The second kappa shape index (κ2) is 5.19. The molecule has 1 atom stereocenters. The molecule has 0 saturated heterocycles. The summed E-state index contributed by atoms with van der Waals surface area (Å²) in [6.45, 7) is 2.74. The van der Waals surface area contributed by atoms with Gasteiger partial charge in [0.2, 0.25) is 5.91 Å². The van der Waals surface area contributed by atoms with Gasteiger partial charge >= 0.3 is 0 Å². The Morgan fingerprint density at radius 1 is 1.59 bits per heavy atom. The number of hydrogen-bond donors (Lipinski definition) is 2. The summed E-state index contributed by atoms with van der Waals surface area (Å²) in [6.07, 6.45) is 2.52. The molecule has 0 unspecified atom stereocenters. The maximum Gasteiger partial charge on any atom is 0.241 e. The second-order valence-corrected chi connectivity index (χ2v) is 4.31. The van der Waals surface area contributed by atoms with Crippen molar-refractivity contribution >= 4 is 11.6 Å². The summed E-state index contributed by atoms with van der Waals surface area (Å²) in [5.41, 5.74) is 7.69. The largest absolute Gasteiger partial charge is 0.493 e. The molecule has 0 aliphatic carbocycles. The van der Waals surface area contributed by atoms with Gasteiger partial charge in [-0.3, -0.25) is 4.79 Å². The predicted molar refractivity (Wildman–Crippen MR) is 67.2 cm³/mol. The van der Waals surface area contributed by atoms with E-state index in [1.54, 1.807) is 0 Å². The topological polar surface area (TPSA) is 64.4 Å². The fraction of sp³-hybridized carbons (Fsp3) is 0.462. The van der Waals surface area contributed by atoms with Crippen LogP contribution in [0.25, 0.3) is 0 Å². The number of ether oxygens (including phenoxy) is 1. The van der Waals surface area contributed by atoms with Crippen LogP contribution in [0, 0.1) is 0 Å². The van der Waals surface area contributed by atoms with E-state index in [0.29, 0.717) is 6.42 Å². The van der Waals surface area contributed by atoms with Crippen LogP contribution in [-0.2, 0) is 11.2 Å². The molecule has 0 bridgehead atoms. The first kappa shape index (κ1) is 11.9. The number of carbonyl (C=O) groups is 1. The standard InChI is InChI=1S/C13H18N2O2/c1-2-3-11(14)13(16)15-10-4-5-12-9(8-10)6-7-17-12/h4-5,8,11H,2-3,6-7,14H2,1H3,(H,15,16)/t11-/m0/s1. The normalized spacial score (nSPS) is 14.9. The van der Waals surface area contributed by atoms with Gasteiger partial charge in [0.15, 0.2) is 0 Å². The minimum absolute atomic E-state index is 0.120. The summed E-state index contributed by atoms with van der Waals surface area (Å²) in [5, 5.41) is 2.84. The molecule has 92 valence electrons. The fourth-order valence-corrected chi connectivity index (χ4v) is 1.94. The van der Waals surface area contributed by atoms with E-state index < -0.39 is 6.04 Å². The molecule has 0 radical (unpaired) electrons. The van der Waals surface area contributed by atoms with Crippen molar-refractivity contribution in [1.82, 2.24) is 0 Å². The molecule has 2 rings (SSSR count). The van der Waals surface area contributed by atoms with Crippen molar-refractivity contribution in [3.8, 4) is 5.75 Å². The maximum atomic E-state index is 11.7. The molecular formula is C13H18N2O2. The highest BCUT2D eigenvalue weighted by Gasteiger charge is 2.15. The van der Waals surface area contributed by atoms with Crippen LogP contribution < -0.4 is 15.8 Å². The highest BCUT2D eigenvalue weighted by molar-refractivity contribution is 5.94. The van der Waals surface area contributed by atoms with Gasteiger partial charge in [0.05, 0.1) is 12.6 Å². The summed E-state index contributed by atoms with van der Waals surface area (Å²) < 4.78 is 5.41. The lowest BCUT2D eigenvalue weighted by Gasteiger charge is -2.11. The van der Waals surface area contributed by atoms with E-state index in [4.69, 9.17) is 10.5 Å². The molecule has 0 fully saturated rings. The third kappa shape index (κ3) is 2.77. The SMILES string of the molecule is CCC[C@H](N)C(=O)Nc1ccc2c(c1)CCO2. The molecule has 0 saturated carbocycles. The molecule has 17 heavy (non-hydrogen) atoms. The Morgan fingerprint density at radius 3 is 3.18 bits per heavy atom. The van der Waals surface area contributed by atoms with Gasteiger partial charge in [-0.15, -0.1) is 0 Å². The molecular weight excluding hydrogens is 216 g/mol. The average Bonchev–Trinajstić information content (AvgIpc) is 2.76. The fourth-order valence-electron chi connectivity index (χ4n) is 1.94. The molecule has 1 aromatic rings. The van der Waals surface area contributed by atoms with E-state index in [-0.39, 0.29) is 5.91 Å². The number of benzene rings is 1. The molecule has 3 N–H and O–H groups in total. The Bertz CT molecular complexity index is 418. The first-order chi connectivity index (χ1) is 8.20. The van der Waals surface area contributed by atoms with Crippen LogP contribution >= 0.6 is 0 Å². The van der Waals surface area contributed by atoms with E-state index >= 15 is 0 Å².